The highest BCUT2D eigenvalue weighted by Crippen LogP contribution is 2.18. The fourth-order valence-electron chi connectivity index (χ4n) is 3.61. The van der Waals surface area contributed by atoms with Crippen LogP contribution in [0.25, 0.3) is 5.69 Å². The highest BCUT2D eigenvalue weighted by molar-refractivity contribution is 5.88. The van der Waals surface area contributed by atoms with Crippen LogP contribution in [0.4, 0.5) is 5.69 Å². The predicted molar refractivity (Wildman–Crippen MR) is 120 cm³/mol. The molecule has 0 saturated carbocycles. The summed E-state index contributed by atoms with van der Waals surface area (Å²) in [5, 5.41) is 16.2. The SMILES string of the molecule is COc1ccc(N=C([O-])c2c(=O)n(-c3ccc(OC)cc3)[nH][n+]2CCN2CCOCC2)cc1. The van der Waals surface area contributed by atoms with Crippen LogP contribution in [0.15, 0.2) is 58.3 Å². The maximum absolute atomic E-state index is 13.3. The lowest BCUT2D eigenvalue weighted by Crippen LogP contribution is -2.51. The summed E-state index contributed by atoms with van der Waals surface area (Å²) >= 11 is 0. The molecule has 1 fully saturated rings. The van der Waals surface area contributed by atoms with Crippen LogP contribution >= 0.6 is 0 Å². The second kappa shape index (κ2) is 10.3. The van der Waals surface area contributed by atoms with Crippen LogP contribution in [0.5, 0.6) is 11.5 Å². The van der Waals surface area contributed by atoms with E-state index in [0.29, 0.717) is 49.2 Å². The summed E-state index contributed by atoms with van der Waals surface area (Å²) in [6, 6.07) is 13.8. The Kier molecular flexibility index (Phi) is 7.06. The second-order valence-corrected chi connectivity index (χ2v) is 7.51. The highest BCUT2D eigenvalue weighted by Gasteiger charge is 2.24. The third kappa shape index (κ3) is 5.24. The zero-order valence-corrected chi connectivity index (χ0v) is 18.7. The number of aliphatic imine (C=N–C) groups is 1. The first kappa shape index (κ1) is 22.6. The Hall–Kier alpha value is -3.63. The van der Waals surface area contributed by atoms with E-state index in [2.05, 4.69) is 15.1 Å². The average molecular weight is 453 g/mol. The van der Waals surface area contributed by atoms with Gasteiger partial charge in [0.1, 0.15) is 18.0 Å². The molecule has 0 radical (unpaired) electrons. The third-order valence-corrected chi connectivity index (χ3v) is 5.48. The molecule has 0 unspecified atom stereocenters. The van der Waals surface area contributed by atoms with Gasteiger partial charge in [-0.15, -0.1) is 0 Å². The molecule has 4 rings (SSSR count). The van der Waals surface area contributed by atoms with Crippen LogP contribution in [0, 0.1) is 0 Å². The number of hydrogen-bond donors (Lipinski definition) is 1. The Bertz CT molecular complexity index is 1150. The molecule has 3 aromatic rings. The van der Waals surface area contributed by atoms with Crippen LogP contribution < -0.4 is 24.8 Å². The second-order valence-electron chi connectivity index (χ2n) is 7.51. The minimum absolute atomic E-state index is 0.0325. The van der Waals surface area contributed by atoms with E-state index in [9.17, 15) is 9.90 Å². The van der Waals surface area contributed by atoms with Gasteiger partial charge in [0.2, 0.25) is 5.69 Å². The quantitative estimate of drug-likeness (QED) is 0.297. The first-order valence-corrected chi connectivity index (χ1v) is 10.7. The lowest BCUT2D eigenvalue weighted by atomic mass is 10.3. The molecule has 0 amide bonds. The number of morpholine rings is 1. The number of hydrogen-bond acceptors (Lipinski definition) is 7. The number of benzene rings is 2. The van der Waals surface area contributed by atoms with E-state index >= 15 is 0 Å². The van der Waals surface area contributed by atoms with Crippen molar-refractivity contribution in [1.29, 1.82) is 0 Å². The Morgan fingerprint density at radius 3 is 2.27 bits per heavy atom. The van der Waals surface area contributed by atoms with E-state index in [1.165, 1.54) is 4.68 Å². The molecule has 1 aliphatic rings. The number of nitrogens with zero attached hydrogens (tertiary/aromatic N) is 4. The van der Waals surface area contributed by atoms with E-state index < -0.39 is 11.5 Å². The predicted octanol–water partition coefficient (Wildman–Crippen LogP) is 0.241. The maximum atomic E-state index is 13.3. The zero-order valence-electron chi connectivity index (χ0n) is 18.7. The molecule has 33 heavy (non-hydrogen) atoms. The molecule has 10 heteroatoms. The summed E-state index contributed by atoms with van der Waals surface area (Å²) in [6.45, 7) is 4.06. The molecular formula is C23H27N5O5. The fraction of sp³-hybridized carbons (Fsp3) is 0.348. The zero-order chi connectivity index (χ0) is 23.2. The van der Waals surface area contributed by atoms with Crippen molar-refractivity contribution in [1.82, 2.24) is 14.8 Å². The van der Waals surface area contributed by atoms with Gasteiger partial charge in [-0.2, -0.15) is 4.68 Å². The van der Waals surface area contributed by atoms with E-state index in [-0.39, 0.29) is 5.69 Å². The van der Waals surface area contributed by atoms with Crippen LogP contribution in [-0.2, 0) is 11.3 Å². The summed E-state index contributed by atoms with van der Waals surface area (Å²) in [7, 11) is 3.14. The molecule has 1 aromatic heterocycles. The van der Waals surface area contributed by atoms with Crippen molar-refractivity contribution >= 4 is 11.6 Å². The number of methoxy groups -OCH3 is 2. The third-order valence-electron chi connectivity index (χ3n) is 5.48. The fourth-order valence-corrected chi connectivity index (χ4v) is 3.61. The normalized spacial score (nSPS) is 14.9. The van der Waals surface area contributed by atoms with E-state index in [1.54, 1.807) is 67.4 Å². The van der Waals surface area contributed by atoms with Gasteiger partial charge in [-0.3, -0.25) is 9.89 Å². The van der Waals surface area contributed by atoms with Gasteiger partial charge in [-0.05, 0) is 48.5 Å². The van der Waals surface area contributed by atoms with Crippen LogP contribution in [0.1, 0.15) is 5.69 Å². The van der Waals surface area contributed by atoms with Gasteiger partial charge in [-0.25, -0.2) is 4.79 Å². The molecule has 1 N–H and O–H groups in total. The van der Waals surface area contributed by atoms with E-state index in [0.717, 1.165) is 13.1 Å². The molecule has 2 heterocycles. The largest absolute Gasteiger partial charge is 0.855 e. The molecular weight excluding hydrogens is 426 g/mol. The molecule has 174 valence electrons. The van der Waals surface area contributed by atoms with Gasteiger partial charge >= 0.3 is 5.56 Å². The van der Waals surface area contributed by atoms with Gasteiger partial charge in [-0.1, -0.05) is 9.90 Å². The van der Waals surface area contributed by atoms with Crippen LogP contribution in [0.2, 0.25) is 0 Å². The number of aromatic nitrogens is 3. The summed E-state index contributed by atoms with van der Waals surface area (Å²) < 4.78 is 18.6. The smallest absolute Gasteiger partial charge is 0.406 e. The summed E-state index contributed by atoms with van der Waals surface area (Å²) in [4.78, 5) is 19.7. The Morgan fingerprint density at radius 2 is 1.67 bits per heavy atom. The maximum Gasteiger partial charge on any atom is 0.406 e. The van der Waals surface area contributed by atoms with E-state index in [1.807, 2.05) is 0 Å². The first-order valence-electron chi connectivity index (χ1n) is 10.7. The standard InChI is InChI=1S/C23H27N5O5/c1-31-19-7-3-17(4-8-19)24-22(29)21-23(30)28(18-5-9-20(32-2)10-6-18)25-27(21)12-11-26-13-15-33-16-14-26/h3-10H,11-16H2,1-2H3,(H-,24,25,29,30). The molecule has 1 saturated heterocycles. The first-order chi connectivity index (χ1) is 16.1. The van der Waals surface area contributed by atoms with Gasteiger partial charge in [0, 0.05) is 25.5 Å². The number of H-pyrrole nitrogens is 1. The Labute approximate surface area is 191 Å². The van der Waals surface area contributed by atoms with Gasteiger partial charge in [0.05, 0.1) is 33.1 Å². The van der Waals surface area contributed by atoms with Crippen molar-refractivity contribution in [2.24, 2.45) is 4.99 Å². The Balaban J connectivity index is 1.69. The van der Waals surface area contributed by atoms with E-state index in [4.69, 9.17) is 14.2 Å². The minimum atomic E-state index is -0.615. The average Bonchev–Trinajstić information content (AvgIpc) is 3.20. The van der Waals surface area contributed by atoms with Crippen molar-refractivity contribution in [3.8, 4) is 17.2 Å². The molecule has 2 aromatic carbocycles. The lowest BCUT2D eigenvalue weighted by molar-refractivity contribution is -0.756. The van der Waals surface area contributed by atoms with Crippen molar-refractivity contribution in [3.05, 3.63) is 64.6 Å². The Morgan fingerprint density at radius 1 is 1.06 bits per heavy atom. The van der Waals surface area contributed by atoms with Gasteiger partial charge < -0.3 is 19.3 Å². The number of rotatable bonds is 8. The molecule has 0 aliphatic carbocycles. The lowest BCUT2D eigenvalue weighted by Gasteiger charge is -2.25. The van der Waals surface area contributed by atoms with Crippen LogP contribution in [0.3, 0.4) is 0 Å². The number of ether oxygens (including phenoxy) is 3. The molecule has 10 nitrogen and oxygen atoms in total. The summed E-state index contributed by atoms with van der Waals surface area (Å²) in [6.07, 6.45) is 0. The summed E-state index contributed by atoms with van der Waals surface area (Å²) in [5.74, 6) is 0.713. The van der Waals surface area contributed by atoms with Crippen molar-refractivity contribution in [2.75, 3.05) is 47.1 Å². The number of aromatic amines is 1. The minimum Gasteiger partial charge on any atom is -0.855 e. The molecule has 0 atom stereocenters. The van der Waals surface area contributed by atoms with Crippen molar-refractivity contribution < 1.29 is 24.0 Å². The molecule has 0 bridgehead atoms. The molecule has 0 spiro atoms. The number of nitrogens with one attached hydrogen (secondary N) is 1. The topological polar surface area (TPSA) is 108 Å². The monoisotopic (exact) mass is 453 g/mol. The van der Waals surface area contributed by atoms with Crippen LogP contribution in [-0.4, -0.2) is 67.8 Å². The summed E-state index contributed by atoms with van der Waals surface area (Å²) in [5.41, 5.74) is 0.529. The highest BCUT2D eigenvalue weighted by atomic mass is 16.5. The molecule has 1 aliphatic heterocycles. The van der Waals surface area contributed by atoms with Gasteiger partial charge in [0.25, 0.3) is 0 Å². The van der Waals surface area contributed by atoms with Gasteiger partial charge in [0.15, 0.2) is 5.69 Å². The van der Waals surface area contributed by atoms with Crippen molar-refractivity contribution in [2.45, 2.75) is 6.54 Å². The van der Waals surface area contributed by atoms with Crippen molar-refractivity contribution in [3.63, 3.8) is 0 Å².